The van der Waals surface area contributed by atoms with E-state index in [1.165, 1.54) is 6.08 Å². The van der Waals surface area contributed by atoms with E-state index in [9.17, 15) is 0 Å². The summed E-state index contributed by atoms with van der Waals surface area (Å²) in [6.07, 6.45) is 3.80. The topological polar surface area (TPSA) is 64.1 Å². The summed E-state index contributed by atoms with van der Waals surface area (Å²) < 4.78 is 0. The summed E-state index contributed by atoms with van der Waals surface area (Å²) in [5.74, 6) is 0. The van der Waals surface area contributed by atoms with Gasteiger partial charge in [0.1, 0.15) is 10.3 Å². The number of hydrogen-bond donors (Lipinski definition) is 3. The minimum atomic E-state index is 0.168. The van der Waals surface area contributed by atoms with Crippen molar-refractivity contribution in [1.29, 1.82) is 0 Å². The molecule has 1 fully saturated rings. The molecule has 5 heteroatoms. The standard InChI is InChI=1S/C7H11Cl2N3/c8-6(10)3-5(7(9)11)12-4-1-2-4/h3-4,12H,1-2,10-11H2/b6-3-,7-5+. The molecule has 1 aliphatic carbocycles. The molecule has 0 bridgehead atoms. The second-order valence-corrected chi connectivity index (χ2v) is 3.55. The van der Waals surface area contributed by atoms with Crippen LogP contribution in [-0.2, 0) is 0 Å². The monoisotopic (exact) mass is 207 g/mol. The van der Waals surface area contributed by atoms with E-state index in [1.807, 2.05) is 0 Å². The lowest BCUT2D eigenvalue weighted by molar-refractivity contribution is 0.819. The summed E-state index contributed by atoms with van der Waals surface area (Å²) in [4.78, 5) is 0. The molecule has 1 aliphatic rings. The van der Waals surface area contributed by atoms with Crippen LogP contribution in [0.3, 0.4) is 0 Å². The van der Waals surface area contributed by atoms with Crippen molar-refractivity contribution < 1.29 is 0 Å². The fourth-order valence-electron chi connectivity index (χ4n) is 0.765. The van der Waals surface area contributed by atoms with Crippen molar-refractivity contribution in [2.24, 2.45) is 11.5 Å². The Labute approximate surface area is 81.4 Å². The van der Waals surface area contributed by atoms with Crippen LogP contribution in [0.4, 0.5) is 0 Å². The number of halogens is 2. The SMILES string of the molecule is N/C(Cl)=C(\C=C(/N)Cl)NC1CC1. The Balaban J connectivity index is 2.61. The van der Waals surface area contributed by atoms with Crippen molar-refractivity contribution in [3.8, 4) is 0 Å². The van der Waals surface area contributed by atoms with Gasteiger partial charge in [-0.15, -0.1) is 0 Å². The highest BCUT2D eigenvalue weighted by atomic mass is 35.5. The van der Waals surface area contributed by atoms with Crippen LogP contribution in [-0.4, -0.2) is 6.04 Å². The zero-order valence-electron chi connectivity index (χ0n) is 6.48. The molecule has 0 atom stereocenters. The summed E-state index contributed by atoms with van der Waals surface area (Å²) in [5.41, 5.74) is 11.3. The van der Waals surface area contributed by atoms with Crippen molar-refractivity contribution in [1.82, 2.24) is 5.32 Å². The van der Waals surface area contributed by atoms with Gasteiger partial charge in [0.2, 0.25) is 0 Å². The van der Waals surface area contributed by atoms with Crippen molar-refractivity contribution >= 4 is 23.2 Å². The third kappa shape index (κ3) is 3.24. The number of nitrogens with one attached hydrogen (secondary N) is 1. The molecule has 0 aromatic carbocycles. The Morgan fingerprint density at radius 3 is 2.25 bits per heavy atom. The number of allylic oxidation sites excluding steroid dienone is 1. The molecule has 5 N–H and O–H groups in total. The predicted molar refractivity (Wildman–Crippen MR) is 51.3 cm³/mol. The van der Waals surface area contributed by atoms with E-state index in [-0.39, 0.29) is 10.3 Å². The molecule has 0 aliphatic heterocycles. The summed E-state index contributed by atoms with van der Waals surface area (Å²) in [6, 6.07) is 0.476. The Kier molecular flexibility index (Phi) is 3.12. The van der Waals surface area contributed by atoms with Crippen LogP contribution in [0.2, 0.25) is 0 Å². The fraction of sp³-hybridized carbons (Fsp3) is 0.429. The maximum Gasteiger partial charge on any atom is 0.123 e. The van der Waals surface area contributed by atoms with E-state index in [0.29, 0.717) is 11.7 Å². The molecule has 68 valence electrons. The first-order chi connectivity index (χ1) is 5.59. The van der Waals surface area contributed by atoms with Gasteiger partial charge in [-0.2, -0.15) is 0 Å². The van der Waals surface area contributed by atoms with E-state index in [2.05, 4.69) is 5.32 Å². The maximum atomic E-state index is 5.60. The van der Waals surface area contributed by atoms with Gasteiger partial charge in [0.25, 0.3) is 0 Å². The minimum absolute atomic E-state index is 0.168. The van der Waals surface area contributed by atoms with Gasteiger partial charge in [-0.05, 0) is 18.9 Å². The molecular formula is C7H11Cl2N3. The van der Waals surface area contributed by atoms with Gasteiger partial charge in [-0.1, -0.05) is 23.2 Å². The van der Waals surface area contributed by atoms with E-state index in [1.54, 1.807) is 0 Å². The first kappa shape index (κ1) is 9.55. The summed E-state index contributed by atoms with van der Waals surface area (Å²) >= 11 is 11.1. The Hall–Kier alpha value is -0.540. The van der Waals surface area contributed by atoms with Gasteiger partial charge in [-0.25, -0.2) is 0 Å². The largest absolute Gasteiger partial charge is 0.389 e. The lowest BCUT2D eigenvalue weighted by Crippen LogP contribution is -2.18. The molecule has 1 rings (SSSR count). The summed E-state index contributed by atoms with van der Waals surface area (Å²) in [6.45, 7) is 0. The quantitative estimate of drug-likeness (QED) is 0.481. The van der Waals surface area contributed by atoms with Crippen LogP contribution in [0, 0.1) is 0 Å². The fourth-order valence-corrected chi connectivity index (χ4v) is 0.983. The van der Waals surface area contributed by atoms with Crippen LogP contribution < -0.4 is 16.8 Å². The molecule has 3 nitrogen and oxygen atoms in total. The van der Waals surface area contributed by atoms with Crippen LogP contribution in [0.5, 0.6) is 0 Å². The molecule has 0 radical (unpaired) electrons. The second-order valence-electron chi connectivity index (χ2n) is 2.71. The molecule has 0 amide bonds. The van der Waals surface area contributed by atoms with Gasteiger partial charge in [-0.3, -0.25) is 0 Å². The zero-order chi connectivity index (χ0) is 9.14. The highest BCUT2D eigenvalue weighted by Gasteiger charge is 2.21. The van der Waals surface area contributed by atoms with Gasteiger partial charge in [0.05, 0.1) is 5.70 Å². The Morgan fingerprint density at radius 2 is 1.92 bits per heavy atom. The molecule has 12 heavy (non-hydrogen) atoms. The lowest BCUT2D eigenvalue weighted by Gasteiger charge is -2.05. The van der Waals surface area contributed by atoms with E-state index in [0.717, 1.165) is 12.8 Å². The molecule has 0 heterocycles. The van der Waals surface area contributed by atoms with Crippen molar-refractivity contribution in [2.75, 3.05) is 0 Å². The van der Waals surface area contributed by atoms with Crippen molar-refractivity contribution in [3.63, 3.8) is 0 Å². The molecule has 0 spiro atoms. The van der Waals surface area contributed by atoms with Crippen molar-refractivity contribution in [2.45, 2.75) is 18.9 Å². The smallest absolute Gasteiger partial charge is 0.123 e. The van der Waals surface area contributed by atoms with Gasteiger partial charge >= 0.3 is 0 Å². The van der Waals surface area contributed by atoms with Crippen LogP contribution in [0.1, 0.15) is 12.8 Å². The van der Waals surface area contributed by atoms with Gasteiger partial charge < -0.3 is 16.8 Å². The summed E-state index contributed by atoms with van der Waals surface area (Å²) in [7, 11) is 0. The highest BCUT2D eigenvalue weighted by Crippen LogP contribution is 2.21. The third-order valence-electron chi connectivity index (χ3n) is 1.48. The molecule has 0 unspecified atom stereocenters. The van der Waals surface area contributed by atoms with Gasteiger partial charge in [0, 0.05) is 6.04 Å². The first-order valence-electron chi connectivity index (χ1n) is 3.64. The molecule has 0 aromatic rings. The third-order valence-corrected chi connectivity index (χ3v) is 1.79. The van der Waals surface area contributed by atoms with E-state index >= 15 is 0 Å². The zero-order valence-corrected chi connectivity index (χ0v) is 7.99. The van der Waals surface area contributed by atoms with Gasteiger partial charge in [0.15, 0.2) is 0 Å². The van der Waals surface area contributed by atoms with Crippen LogP contribution in [0.15, 0.2) is 22.1 Å². The average Bonchev–Trinajstić information content (AvgIpc) is 2.68. The van der Waals surface area contributed by atoms with Crippen LogP contribution in [0.25, 0.3) is 0 Å². The number of hydrogen-bond acceptors (Lipinski definition) is 3. The Morgan fingerprint density at radius 1 is 1.33 bits per heavy atom. The maximum absolute atomic E-state index is 5.60. The lowest BCUT2D eigenvalue weighted by atomic mass is 10.4. The Bertz CT molecular complexity index is 223. The van der Waals surface area contributed by atoms with Crippen molar-refractivity contribution in [3.05, 3.63) is 22.1 Å². The molecule has 0 aromatic heterocycles. The average molecular weight is 208 g/mol. The normalized spacial score (nSPS) is 20.3. The molecule has 0 saturated heterocycles. The first-order valence-corrected chi connectivity index (χ1v) is 4.39. The molecule has 1 saturated carbocycles. The molecular weight excluding hydrogens is 197 g/mol. The summed E-state index contributed by atoms with van der Waals surface area (Å²) in [5, 5.41) is 3.46. The number of rotatable bonds is 3. The second kappa shape index (κ2) is 3.92. The predicted octanol–water partition coefficient (Wildman–Crippen LogP) is 1.14. The highest BCUT2D eigenvalue weighted by molar-refractivity contribution is 6.30. The van der Waals surface area contributed by atoms with E-state index < -0.39 is 0 Å². The van der Waals surface area contributed by atoms with E-state index in [4.69, 9.17) is 34.7 Å². The minimum Gasteiger partial charge on any atom is -0.389 e. The van der Waals surface area contributed by atoms with Crippen LogP contribution >= 0.6 is 23.2 Å². The number of nitrogens with two attached hydrogens (primary N) is 2.